The highest BCUT2D eigenvalue weighted by Crippen LogP contribution is 2.36. The van der Waals surface area contributed by atoms with Gasteiger partial charge in [-0.3, -0.25) is 4.90 Å². The Morgan fingerprint density at radius 1 is 1.10 bits per heavy atom. The fourth-order valence-electron chi connectivity index (χ4n) is 5.81. The van der Waals surface area contributed by atoms with Gasteiger partial charge in [0.2, 0.25) is 0 Å². The van der Waals surface area contributed by atoms with Gasteiger partial charge < -0.3 is 25.4 Å². The summed E-state index contributed by atoms with van der Waals surface area (Å²) < 4.78 is 5.71. The highest BCUT2D eigenvalue weighted by molar-refractivity contribution is 5.76. The summed E-state index contributed by atoms with van der Waals surface area (Å²) >= 11 is 0. The summed E-state index contributed by atoms with van der Waals surface area (Å²) in [6.07, 6.45) is 2.45. The summed E-state index contributed by atoms with van der Waals surface area (Å²) in [5.41, 5.74) is 2.53. The number of fused-ring (bicyclic) bond motifs is 5. The van der Waals surface area contributed by atoms with E-state index in [1.54, 1.807) is 6.07 Å². The third kappa shape index (κ3) is 3.73. The Bertz CT molecular complexity index is 943. The van der Waals surface area contributed by atoms with Gasteiger partial charge in [-0.25, -0.2) is 0 Å². The number of hydrogen-bond donors (Lipinski definition) is 3. The smallest absolute Gasteiger partial charge is 0.172 e. The molecule has 0 saturated carbocycles. The number of para-hydroxylation sites is 1. The number of aromatic nitrogens is 2. The van der Waals surface area contributed by atoms with Crippen LogP contribution in [0.25, 0.3) is 11.3 Å². The van der Waals surface area contributed by atoms with Gasteiger partial charge in [-0.15, -0.1) is 10.2 Å². The van der Waals surface area contributed by atoms with Crippen LogP contribution < -0.4 is 15.5 Å². The number of morpholine rings is 1. The zero-order valence-electron chi connectivity index (χ0n) is 17.7. The number of aromatic hydroxyl groups is 1. The molecule has 1 aromatic carbocycles. The topological polar surface area (TPSA) is 85.8 Å². The van der Waals surface area contributed by atoms with Crippen LogP contribution in [0, 0.1) is 5.92 Å². The van der Waals surface area contributed by atoms with Crippen molar-refractivity contribution in [3.63, 3.8) is 0 Å². The molecule has 8 nitrogen and oxygen atoms in total. The number of benzene rings is 1. The number of phenolic OH excluding ortho intramolecular Hbond substituents is 1. The number of anilines is 2. The number of nitrogens with one attached hydrogen (secondary N) is 2. The van der Waals surface area contributed by atoms with E-state index in [0.717, 1.165) is 62.4 Å². The molecule has 2 bridgehead atoms. The summed E-state index contributed by atoms with van der Waals surface area (Å²) in [5.74, 6) is 1.84. The molecule has 3 fully saturated rings. The zero-order chi connectivity index (χ0) is 20.8. The molecule has 31 heavy (non-hydrogen) atoms. The Morgan fingerprint density at radius 2 is 1.94 bits per heavy atom. The third-order valence-corrected chi connectivity index (χ3v) is 7.20. The Hall–Kier alpha value is -2.42. The predicted molar refractivity (Wildman–Crippen MR) is 119 cm³/mol. The molecule has 0 amide bonds. The van der Waals surface area contributed by atoms with E-state index < -0.39 is 0 Å². The molecule has 5 heterocycles. The molecule has 4 aliphatic heterocycles. The quantitative estimate of drug-likeness (QED) is 0.687. The van der Waals surface area contributed by atoms with Crippen molar-refractivity contribution in [2.24, 2.45) is 5.92 Å². The van der Waals surface area contributed by atoms with Crippen molar-refractivity contribution in [2.45, 2.75) is 31.0 Å². The Morgan fingerprint density at radius 3 is 2.77 bits per heavy atom. The van der Waals surface area contributed by atoms with Crippen LogP contribution in [0.4, 0.5) is 11.5 Å². The first-order chi connectivity index (χ1) is 15.2. The lowest BCUT2D eigenvalue weighted by molar-refractivity contribution is 0.00152. The van der Waals surface area contributed by atoms with Crippen LogP contribution in [0.15, 0.2) is 30.3 Å². The summed E-state index contributed by atoms with van der Waals surface area (Å²) in [5, 5.41) is 26.2. The standard InChI is InChI=1S/C23H30N6O2/c30-22-4-2-1-3-19(22)20-9-21-23(27-26-20)24-10-18-12-28(5-6-29(18)21)11-15-7-16-13-31-14-17(8-15)25-16/h1-4,9,15-18,25,30H,5-8,10-14H2,(H,24,27)/t15?,16?,17?,18-/m0/s1. The van der Waals surface area contributed by atoms with Crippen LogP contribution in [-0.2, 0) is 4.74 Å². The van der Waals surface area contributed by atoms with E-state index in [9.17, 15) is 5.11 Å². The maximum Gasteiger partial charge on any atom is 0.172 e. The van der Waals surface area contributed by atoms with Crippen molar-refractivity contribution in [1.82, 2.24) is 20.4 Å². The fourth-order valence-corrected chi connectivity index (χ4v) is 5.81. The molecule has 0 aliphatic carbocycles. The summed E-state index contributed by atoms with van der Waals surface area (Å²) in [6, 6.07) is 10.9. The van der Waals surface area contributed by atoms with Crippen LogP contribution in [0.2, 0.25) is 0 Å². The lowest BCUT2D eigenvalue weighted by Gasteiger charge is -2.47. The monoisotopic (exact) mass is 422 g/mol. The minimum atomic E-state index is 0.235. The summed E-state index contributed by atoms with van der Waals surface area (Å²) in [6.45, 7) is 6.93. The van der Waals surface area contributed by atoms with E-state index in [-0.39, 0.29) is 5.75 Å². The Kier molecular flexibility index (Phi) is 4.93. The molecule has 6 rings (SSSR count). The van der Waals surface area contributed by atoms with Gasteiger partial charge in [-0.05, 0) is 37.0 Å². The van der Waals surface area contributed by atoms with Gasteiger partial charge >= 0.3 is 0 Å². The molecule has 3 atom stereocenters. The predicted octanol–water partition coefficient (Wildman–Crippen LogP) is 1.53. The normalized spacial score (nSPS) is 30.3. The number of piperazine rings is 1. The first kappa shape index (κ1) is 19.3. The number of hydrogen-bond acceptors (Lipinski definition) is 8. The molecule has 0 spiro atoms. The SMILES string of the molecule is Oc1ccccc1-c1cc2c(nn1)NC[C@H]1CN(CC3CC4COCC(C3)N4)CCN21. The van der Waals surface area contributed by atoms with Crippen molar-refractivity contribution in [3.8, 4) is 17.0 Å². The highest BCUT2D eigenvalue weighted by Gasteiger charge is 2.36. The van der Waals surface area contributed by atoms with E-state index in [4.69, 9.17) is 4.74 Å². The van der Waals surface area contributed by atoms with E-state index in [1.807, 2.05) is 18.2 Å². The van der Waals surface area contributed by atoms with Gasteiger partial charge in [-0.2, -0.15) is 0 Å². The molecule has 164 valence electrons. The van der Waals surface area contributed by atoms with Gasteiger partial charge in [0.1, 0.15) is 5.75 Å². The largest absolute Gasteiger partial charge is 0.507 e. The van der Waals surface area contributed by atoms with Gasteiger partial charge in [0.05, 0.1) is 30.6 Å². The molecule has 3 N–H and O–H groups in total. The number of rotatable bonds is 3. The number of phenols is 1. The highest BCUT2D eigenvalue weighted by atomic mass is 16.5. The van der Waals surface area contributed by atoms with Crippen molar-refractivity contribution >= 4 is 11.5 Å². The summed E-state index contributed by atoms with van der Waals surface area (Å²) in [7, 11) is 0. The molecule has 2 unspecified atom stereocenters. The summed E-state index contributed by atoms with van der Waals surface area (Å²) in [4.78, 5) is 5.13. The third-order valence-electron chi connectivity index (χ3n) is 7.20. The number of nitrogens with zero attached hydrogens (tertiary/aromatic N) is 4. The lowest BCUT2D eigenvalue weighted by Crippen LogP contribution is -2.60. The van der Waals surface area contributed by atoms with E-state index >= 15 is 0 Å². The maximum absolute atomic E-state index is 10.2. The minimum absolute atomic E-state index is 0.235. The average Bonchev–Trinajstić information content (AvgIpc) is 2.78. The molecule has 0 radical (unpaired) electrons. The second-order valence-electron chi connectivity index (χ2n) is 9.40. The van der Waals surface area contributed by atoms with Crippen molar-refractivity contribution in [2.75, 3.05) is 56.2 Å². The Labute approximate surface area is 182 Å². The van der Waals surface area contributed by atoms with Gasteiger partial charge in [-0.1, -0.05) is 12.1 Å². The molecular weight excluding hydrogens is 392 g/mol. The van der Waals surface area contributed by atoms with Crippen LogP contribution in [0.3, 0.4) is 0 Å². The second kappa shape index (κ2) is 7.93. The van der Waals surface area contributed by atoms with E-state index in [2.05, 4.69) is 36.7 Å². The molecule has 3 saturated heterocycles. The number of ether oxygens (including phenoxy) is 1. The fraction of sp³-hybridized carbons (Fsp3) is 0.565. The molecule has 2 aromatic rings. The average molecular weight is 423 g/mol. The minimum Gasteiger partial charge on any atom is -0.507 e. The van der Waals surface area contributed by atoms with Crippen molar-refractivity contribution in [3.05, 3.63) is 30.3 Å². The number of piperidine rings is 1. The van der Waals surface area contributed by atoms with Crippen molar-refractivity contribution < 1.29 is 9.84 Å². The van der Waals surface area contributed by atoms with Gasteiger partial charge in [0.25, 0.3) is 0 Å². The zero-order valence-corrected chi connectivity index (χ0v) is 17.7. The first-order valence-corrected chi connectivity index (χ1v) is 11.5. The van der Waals surface area contributed by atoms with E-state index in [0.29, 0.717) is 23.8 Å². The molecule has 1 aromatic heterocycles. The molecule has 8 heteroatoms. The first-order valence-electron chi connectivity index (χ1n) is 11.5. The van der Waals surface area contributed by atoms with E-state index in [1.165, 1.54) is 19.4 Å². The van der Waals surface area contributed by atoms with Crippen LogP contribution in [0.1, 0.15) is 12.8 Å². The van der Waals surface area contributed by atoms with Crippen LogP contribution >= 0.6 is 0 Å². The van der Waals surface area contributed by atoms with Crippen LogP contribution in [0.5, 0.6) is 5.75 Å². The van der Waals surface area contributed by atoms with Gasteiger partial charge in [0, 0.05) is 50.4 Å². The molecule has 4 aliphatic rings. The lowest BCUT2D eigenvalue weighted by atomic mass is 9.86. The second-order valence-corrected chi connectivity index (χ2v) is 9.40. The van der Waals surface area contributed by atoms with Gasteiger partial charge in [0.15, 0.2) is 5.82 Å². The maximum atomic E-state index is 10.2. The van der Waals surface area contributed by atoms with Crippen LogP contribution in [-0.4, -0.2) is 84.3 Å². The molecular formula is C23H30N6O2. The Balaban J connectivity index is 1.16. The van der Waals surface area contributed by atoms with Crippen molar-refractivity contribution in [1.29, 1.82) is 0 Å².